The number of nitrogens with zero attached hydrogens (tertiary/aromatic N) is 5. The number of aryl methyl sites for hydroxylation is 1. The first-order chi connectivity index (χ1) is 13.1. The van der Waals surface area contributed by atoms with Gasteiger partial charge in [-0.1, -0.05) is 0 Å². The zero-order valence-corrected chi connectivity index (χ0v) is 17.0. The Bertz CT molecular complexity index is 1210. The van der Waals surface area contributed by atoms with E-state index in [1.165, 1.54) is 23.2 Å². The normalized spacial score (nSPS) is 21.3. The Hall–Kier alpha value is -2.14. The minimum atomic E-state index is -3.14. The minimum absolute atomic E-state index is 0.0200. The van der Waals surface area contributed by atoms with E-state index in [0.717, 1.165) is 17.4 Å². The van der Waals surface area contributed by atoms with E-state index in [9.17, 15) is 22.8 Å². The number of halogens is 1. The molecule has 0 spiro atoms. The van der Waals surface area contributed by atoms with Crippen LogP contribution in [-0.2, 0) is 35.3 Å². The van der Waals surface area contributed by atoms with Crippen molar-refractivity contribution in [3.05, 3.63) is 26.1 Å². The van der Waals surface area contributed by atoms with Crippen LogP contribution < -0.4 is 11.2 Å². The summed E-state index contributed by atoms with van der Waals surface area (Å²) in [5, 5.41) is -0.0727. The fourth-order valence-electron chi connectivity index (χ4n) is 3.83. The SMILES string of the molecule is Cn1c(=O)c2c(nc(Cl)n2CC(=O)N(C2CC2)[C@H]2CCS(=O)(=O)C2)n(C)c1=O. The topological polar surface area (TPSA) is 116 Å². The highest BCUT2D eigenvalue weighted by Crippen LogP contribution is 2.32. The largest absolute Gasteiger partial charge is 0.334 e. The van der Waals surface area contributed by atoms with Crippen molar-refractivity contribution in [3.63, 3.8) is 0 Å². The maximum absolute atomic E-state index is 13.1. The second-order valence-corrected chi connectivity index (χ2v) is 10.0. The number of fused-ring (bicyclic) bond motifs is 1. The summed E-state index contributed by atoms with van der Waals surface area (Å²) < 4.78 is 27.1. The van der Waals surface area contributed by atoms with Crippen molar-refractivity contribution in [1.82, 2.24) is 23.6 Å². The van der Waals surface area contributed by atoms with E-state index in [2.05, 4.69) is 4.98 Å². The average molecular weight is 430 g/mol. The molecule has 28 heavy (non-hydrogen) atoms. The molecule has 1 saturated carbocycles. The summed E-state index contributed by atoms with van der Waals surface area (Å²) in [6, 6.07) is -0.336. The monoisotopic (exact) mass is 429 g/mol. The molecule has 1 atom stereocenters. The summed E-state index contributed by atoms with van der Waals surface area (Å²) in [5.74, 6) is -0.267. The Kier molecular flexibility index (Phi) is 4.42. The lowest BCUT2D eigenvalue weighted by Crippen LogP contribution is -2.44. The molecule has 0 radical (unpaired) electrons. The molecule has 1 amide bonds. The second kappa shape index (κ2) is 6.45. The molecule has 2 aliphatic rings. The highest BCUT2D eigenvalue weighted by atomic mass is 35.5. The number of aromatic nitrogens is 4. The molecule has 1 saturated heterocycles. The number of carbonyl (C=O) groups is 1. The van der Waals surface area contributed by atoms with Gasteiger partial charge < -0.3 is 4.90 Å². The molecule has 1 aliphatic heterocycles. The van der Waals surface area contributed by atoms with Crippen molar-refractivity contribution in [1.29, 1.82) is 0 Å². The fourth-order valence-corrected chi connectivity index (χ4v) is 5.77. The van der Waals surface area contributed by atoms with Gasteiger partial charge in [-0.15, -0.1) is 0 Å². The molecule has 12 heteroatoms. The lowest BCUT2D eigenvalue weighted by molar-refractivity contribution is -0.134. The molecule has 2 aromatic rings. The van der Waals surface area contributed by atoms with Crippen LogP contribution in [0.25, 0.3) is 11.2 Å². The standard InChI is InChI=1S/C16H20ClN5O5S/c1-19-13-12(14(24)20(2)16(19)25)21(15(17)18-13)7-11(23)22(9-3-4-9)10-5-6-28(26,27)8-10/h9-10H,3-8H2,1-2H3/t10-/m0/s1. The number of carbonyl (C=O) groups excluding carboxylic acids is 1. The molecule has 2 aromatic heterocycles. The lowest BCUT2D eigenvalue weighted by Gasteiger charge is -2.28. The fraction of sp³-hybridized carbons (Fsp3) is 0.625. The quantitative estimate of drug-likeness (QED) is 0.591. The molecule has 0 aromatic carbocycles. The van der Waals surface area contributed by atoms with E-state index in [4.69, 9.17) is 11.6 Å². The highest BCUT2D eigenvalue weighted by molar-refractivity contribution is 7.91. The van der Waals surface area contributed by atoms with Crippen LogP contribution in [0.15, 0.2) is 9.59 Å². The van der Waals surface area contributed by atoms with E-state index in [0.29, 0.717) is 6.42 Å². The summed E-state index contributed by atoms with van der Waals surface area (Å²) in [6.07, 6.45) is 2.08. The summed E-state index contributed by atoms with van der Waals surface area (Å²) in [7, 11) is -0.322. The van der Waals surface area contributed by atoms with Gasteiger partial charge in [0.15, 0.2) is 21.0 Å². The predicted octanol–water partition coefficient (Wildman–Crippen LogP) is -0.735. The van der Waals surface area contributed by atoms with E-state index < -0.39 is 21.1 Å². The Morgan fingerprint density at radius 1 is 1.18 bits per heavy atom. The molecule has 0 bridgehead atoms. The zero-order chi connectivity index (χ0) is 20.4. The summed E-state index contributed by atoms with van der Waals surface area (Å²) in [6.45, 7) is -0.240. The minimum Gasteiger partial charge on any atom is -0.334 e. The maximum Gasteiger partial charge on any atom is 0.332 e. The Labute approximate surface area is 165 Å². The van der Waals surface area contributed by atoms with Crippen LogP contribution in [0.5, 0.6) is 0 Å². The van der Waals surface area contributed by atoms with E-state index in [1.807, 2.05) is 0 Å². The van der Waals surface area contributed by atoms with Gasteiger partial charge in [0, 0.05) is 26.2 Å². The van der Waals surface area contributed by atoms with Crippen LogP contribution in [0, 0.1) is 0 Å². The number of imidazole rings is 1. The van der Waals surface area contributed by atoms with Crippen LogP contribution in [0.4, 0.5) is 0 Å². The number of hydrogen-bond acceptors (Lipinski definition) is 6. The van der Waals surface area contributed by atoms with Crippen molar-refractivity contribution in [2.24, 2.45) is 14.1 Å². The second-order valence-electron chi connectivity index (χ2n) is 7.43. The summed E-state index contributed by atoms with van der Waals surface area (Å²) in [5.41, 5.74) is -0.960. The van der Waals surface area contributed by atoms with Gasteiger partial charge in [0.25, 0.3) is 5.56 Å². The lowest BCUT2D eigenvalue weighted by atomic mass is 10.2. The van der Waals surface area contributed by atoms with Gasteiger partial charge in [-0.25, -0.2) is 13.2 Å². The van der Waals surface area contributed by atoms with Gasteiger partial charge in [-0.3, -0.25) is 23.3 Å². The number of hydrogen-bond donors (Lipinski definition) is 0. The summed E-state index contributed by atoms with van der Waals surface area (Å²) >= 11 is 6.19. The third-order valence-electron chi connectivity index (χ3n) is 5.42. The summed E-state index contributed by atoms with van der Waals surface area (Å²) in [4.78, 5) is 43.5. The Balaban J connectivity index is 1.73. The third kappa shape index (κ3) is 3.06. The van der Waals surface area contributed by atoms with Crippen LogP contribution in [-0.4, -0.2) is 61.5 Å². The van der Waals surface area contributed by atoms with E-state index in [1.54, 1.807) is 4.90 Å². The average Bonchev–Trinajstić information content (AvgIpc) is 3.31. The van der Waals surface area contributed by atoms with Gasteiger partial charge in [-0.2, -0.15) is 4.98 Å². The first-order valence-electron chi connectivity index (χ1n) is 8.94. The zero-order valence-electron chi connectivity index (χ0n) is 15.5. The van der Waals surface area contributed by atoms with Crippen molar-refractivity contribution < 1.29 is 13.2 Å². The molecule has 4 rings (SSSR count). The molecule has 152 valence electrons. The molecular formula is C16H20ClN5O5S. The van der Waals surface area contributed by atoms with E-state index >= 15 is 0 Å². The highest BCUT2D eigenvalue weighted by Gasteiger charge is 2.42. The van der Waals surface area contributed by atoms with Crippen molar-refractivity contribution in [3.8, 4) is 0 Å². The first-order valence-corrected chi connectivity index (χ1v) is 11.1. The molecule has 1 aliphatic carbocycles. The van der Waals surface area contributed by atoms with Crippen molar-refractivity contribution in [2.75, 3.05) is 11.5 Å². The van der Waals surface area contributed by atoms with Gasteiger partial charge in [-0.05, 0) is 30.9 Å². The molecule has 3 heterocycles. The molecular weight excluding hydrogens is 410 g/mol. The van der Waals surface area contributed by atoms with Crippen LogP contribution in [0.1, 0.15) is 19.3 Å². The number of sulfone groups is 1. The van der Waals surface area contributed by atoms with Gasteiger partial charge in [0.1, 0.15) is 6.54 Å². The third-order valence-corrected chi connectivity index (χ3v) is 7.46. The van der Waals surface area contributed by atoms with Crippen LogP contribution >= 0.6 is 11.6 Å². The maximum atomic E-state index is 13.1. The molecule has 0 N–H and O–H groups in total. The van der Waals surface area contributed by atoms with E-state index in [-0.39, 0.29) is 52.5 Å². The van der Waals surface area contributed by atoms with Crippen LogP contribution in [0.2, 0.25) is 5.28 Å². The molecule has 0 unspecified atom stereocenters. The number of rotatable bonds is 4. The van der Waals surface area contributed by atoms with Crippen molar-refractivity contribution >= 4 is 38.5 Å². The van der Waals surface area contributed by atoms with Crippen molar-refractivity contribution in [2.45, 2.75) is 37.9 Å². The van der Waals surface area contributed by atoms with Gasteiger partial charge in [0.2, 0.25) is 11.2 Å². The Morgan fingerprint density at radius 2 is 1.86 bits per heavy atom. The Morgan fingerprint density at radius 3 is 2.43 bits per heavy atom. The molecule has 10 nitrogen and oxygen atoms in total. The smallest absolute Gasteiger partial charge is 0.332 e. The predicted molar refractivity (Wildman–Crippen MR) is 102 cm³/mol. The molecule has 2 fully saturated rings. The van der Waals surface area contributed by atoms with Gasteiger partial charge >= 0.3 is 5.69 Å². The van der Waals surface area contributed by atoms with Crippen LogP contribution in [0.3, 0.4) is 0 Å². The van der Waals surface area contributed by atoms with Gasteiger partial charge in [0.05, 0.1) is 11.5 Å². The number of amides is 1. The first kappa shape index (κ1) is 19.2.